The summed E-state index contributed by atoms with van der Waals surface area (Å²) in [6.45, 7) is 3.70. The van der Waals surface area contributed by atoms with Gasteiger partial charge in [-0.25, -0.2) is 4.39 Å². The van der Waals surface area contributed by atoms with E-state index >= 15 is 0 Å². The molecule has 1 rings (SSSR count). The van der Waals surface area contributed by atoms with Crippen LogP contribution in [0.4, 0.5) is 10.1 Å². The molecule has 3 nitrogen and oxygen atoms in total. The fourth-order valence-electron chi connectivity index (χ4n) is 1.16. The number of benzene rings is 1. The summed E-state index contributed by atoms with van der Waals surface area (Å²) in [7, 11) is 0. The number of carbonyl (C=O) groups excluding carboxylic acids is 1. The molecular weight excluding hydrogens is 207 g/mol. The van der Waals surface area contributed by atoms with E-state index in [2.05, 4.69) is 5.32 Å². The van der Waals surface area contributed by atoms with Crippen molar-refractivity contribution in [2.24, 2.45) is 5.92 Å². The lowest BCUT2D eigenvalue weighted by Gasteiger charge is -2.10. The number of halogens is 1. The lowest BCUT2D eigenvalue weighted by molar-refractivity contribution is -0.119. The van der Waals surface area contributed by atoms with Crippen molar-refractivity contribution in [3.05, 3.63) is 29.6 Å². The minimum absolute atomic E-state index is 0.128. The Labute approximate surface area is 93.9 Å². The molecule has 1 atom stereocenters. The fourth-order valence-corrected chi connectivity index (χ4v) is 1.16. The highest BCUT2D eigenvalue weighted by Crippen LogP contribution is 2.17. The fraction of sp³-hybridized carbons (Fsp3) is 0.333. The van der Waals surface area contributed by atoms with Crippen LogP contribution >= 0.6 is 0 Å². The first kappa shape index (κ1) is 12.2. The van der Waals surface area contributed by atoms with Gasteiger partial charge in [0.1, 0.15) is 11.9 Å². The molecule has 0 radical (unpaired) electrons. The van der Waals surface area contributed by atoms with Crippen molar-refractivity contribution in [1.29, 1.82) is 5.26 Å². The molecule has 1 N–H and O–H groups in total. The van der Waals surface area contributed by atoms with Crippen LogP contribution in [0, 0.1) is 23.1 Å². The SMILES string of the molecule is CCC(C)C(=O)Nc1ccc(F)cc1C#N. The maximum Gasteiger partial charge on any atom is 0.227 e. The molecular formula is C12H13FN2O. The normalized spacial score (nSPS) is 11.6. The van der Waals surface area contributed by atoms with Gasteiger partial charge < -0.3 is 5.32 Å². The standard InChI is InChI=1S/C12H13FN2O/c1-3-8(2)12(16)15-11-5-4-10(13)6-9(11)7-14/h4-6,8H,3H2,1-2H3,(H,15,16). The number of anilines is 1. The highest BCUT2D eigenvalue weighted by molar-refractivity contribution is 5.93. The van der Waals surface area contributed by atoms with Crippen LogP contribution < -0.4 is 5.32 Å². The average molecular weight is 220 g/mol. The summed E-state index contributed by atoms with van der Waals surface area (Å²) in [5.74, 6) is -0.778. The van der Waals surface area contributed by atoms with Gasteiger partial charge in [-0.1, -0.05) is 13.8 Å². The topological polar surface area (TPSA) is 52.9 Å². The second-order valence-electron chi connectivity index (χ2n) is 3.60. The van der Waals surface area contributed by atoms with Crippen LogP contribution in [0.2, 0.25) is 0 Å². The van der Waals surface area contributed by atoms with E-state index in [-0.39, 0.29) is 17.4 Å². The molecule has 0 saturated heterocycles. The predicted molar refractivity (Wildman–Crippen MR) is 59.2 cm³/mol. The van der Waals surface area contributed by atoms with E-state index in [1.165, 1.54) is 12.1 Å². The minimum Gasteiger partial charge on any atom is -0.325 e. The van der Waals surface area contributed by atoms with Crippen LogP contribution in [0.25, 0.3) is 0 Å². The second kappa shape index (κ2) is 5.26. The maximum absolute atomic E-state index is 12.8. The Bertz CT molecular complexity index is 437. The van der Waals surface area contributed by atoms with E-state index in [1.807, 2.05) is 13.0 Å². The molecule has 16 heavy (non-hydrogen) atoms. The van der Waals surface area contributed by atoms with Gasteiger partial charge in [-0.05, 0) is 24.6 Å². The molecule has 1 aromatic carbocycles. The van der Waals surface area contributed by atoms with Gasteiger partial charge in [-0.15, -0.1) is 0 Å². The molecule has 0 saturated carbocycles. The number of nitrogens with one attached hydrogen (secondary N) is 1. The molecule has 84 valence electrons. The molecule has 0 aromatic heterocycles. The zero-order valence-corrected chi connectivity index (χ0v) is 9.25. The van der Waals surface area contributed by atoms with Crippen molar-refractivity contribution in [1.82, 2.24) is 0 Å². The number of hydrogen-bond acceptors (Lipinski definition) is 2. The van der Waals surface area contributed by atoms with Crippen molar-refractivity contribution >= 4 is 11.6 Å². The van der Waals surface area contributed by atoms with E-state index in [0.29, 0.717) is 5.69 Å². The van der Waals surface area contributed by atoms with Crippen LogP contribution in [0.3, 0.4) is 0 Å². The quantitative estimate of drug-likeness (QED) is 0.851. The number of carbonyl (C=O) groups is 1. The average Bonchev–Trinajstić information content (AvgIpc) is 2.30. The maximum atomic E-state index is 12.8. The largest absolute Gasteiger partial charge is 0.325 e. The molecule has 0 heterocycles. The van der Waals surface area contributed by atoms with Crippen molar-refractivity contribution in [3.63, 3.8) is 0 Å². The molecule has 1 unspecified atom stereocenters. The molecule has 4 heteroatoms. The number of nitriles is 1. The Morgan fingerprint density at radius 3 is 2.88 bits per heavy atom. The summed E-state index contributed by atoms with van der Waals surface area (Å²) < 4.78 is 12.8. The molecule has 0 aliphatic rings. The third kappa shape index (κ3) is 2.80. The number of nitrogens with zero attached hydrogens (tertiary/aromatic N) is 1. The smallest absolute Gasteiger partial charge is 0.227 e. The van der Waals surface area contributed by atoms with Crippen molar-refractivity contribution in [3.8, 4) is 6.07 Å². The van der Waals surface area contributed by atoms with Crippen molar-refractivity contribution < 1.29 is 9.18 Å². The van der Waals surface area contributed by atoms with Gasteiger partial charge in [0.2, 0.25) is 5.91 Å². The van der Waals surface area contributed by atoms with E-state index < -0.39 is 5.82 Å². The first-order chi connectivity index (χ1) is 7.58. The first-order valence-corrected chi connectivity index (χ1v) is 5.09. The van der Waals surface area contributed by atoms with Crippen LogP contribution in [0.15, 0.2) is 18.2 Å². The summed E-state index contributed by atoms with van der Waals surface area (Å²) in [5.41, 5.74) is 0.492. The van der Waals surface area contributed by atoms with E-state index in [1.54, 1.807) is 6.92 Å². The number of rotatable bonds is 3. The number of hydrogen-bond donors (Lipinski definition) is 1. The third-order valence-electron chi connectivity index (χ3n) is 2.42. The van der Waals surface area contributed by atoms with Gasteiger partial charge in [0.15, 0.2) is 0 Å². The molecule has 0 fully saturated rings. The lowest BCUT2D eigenvalue weighted by Crippen LogP contribution is -2.20. The van der Waals surface area contributed by atoms with E-state index in [9.17, 15) is 9.18 Å². The molecule has 0 spiro atoms. The van der Waals surface area contributed by atoms with Crippen LogP contribution in [-0.2, 0) is 4.79 Å². The zero-order valence-electron chi connectivity index (χ0n) is 9.25. The minimum atomic E-state index is -0.488. The monoisotopic (exact) mass is 220 g/mol. The lowest BCUT2D eigenvalue weighted by atomic mass is 10.1. The molecule has 0 aliphatic heterocycles. The van der Waals surface area contributed by atoms with E-state index in [4.69, 9.17) is 5.26 Å². The summed E-state index contributed by atoms with van der Waals surface area (Å²) in [5, 5.41) is 11.4. The Morgan fingerprint density at radius 2 is 2.31 bits per heavy atom. The van der Waals surface area contributed by atoms with Gasteiger partial charge in [0.25, 0.3) is 0 Å². The molecule has 1 amide bonds. The first-order valence-electron chi connectivity index (χ1n) is 5.09. The van der Waals surface area contributed by atoms with E-state index in [0.717, 1.165) is 12.5 Å². The Kier molecular flexibility index (Phi) is 4.01. The van der Waals surface area contributed by atoms with Gasteiger partial charge in [-0.3, -0.25) is 4.79 Å². The van der Waals surface area contributed by atoms with Gasteiger partial charge in [0.05, 0.1) is 11.3 Å². The van der Waals surface area contributed by atoms with Crippen LogP contribution in [0.5, 0.6) is 0 Å². The summed E-state index contributed by atoms with van der Waals surface area (Å²) in [4.78, 5) is 11.6. The third-order valence-corrected chi connectivity index (χ3v) is 2.42. The highest BCUT2D eigenvalue weighted by atomic mass is 19.1. The zero-order chi connectivity index (χ0) is 12.1. The molecule has 0 aliphatic carbocycles. The second-order valence-corrected chi connectivity index (χ2v) is 3.60. The van der Waals surface area contributed by atoms with Crippen LogP contribution in [0.1, 0.15) is 25.8 Å². The summed E-state index contributed by atoms with van der Waals surface area (Å²) in [6, 6.07) is 5.56. The van der Waals surface area contributed by atoms with Gasteiger partial charge >= 0.3 is 0 Å². The summed E-state index contributed by atoms with van der Waals surface area (Å²) in [6.07, 6.45) is 0.717. The Morgan fingerprint density at radius 1 is 1.62 bits per heavy atom. The molecule has 1 aromatic rings. The van der Waals surface area contributed by atoms with Gasteiger partial charge in [0, 0.05) is 5.92 Å². The molecule has 0 bridgehead atoms. The Hall–Kier alpha value is -1.89. The number of amides is 1. The highest BCUT2D eigenvalue weighted by Gasteiger charge is 2.12. The van der Waals surface area contributed by atoms with Crippen molar-refractivity contribution in [2.45, 2.75) is 20.3 Å². The Balaban J connectivity index is 2.90. The van der Waals surface area contributed by atoms with Crippen molar-refractivity contribution in [2.75, 3.05) is 5.32 Å². The van der Waals surface area contributed by atoms with Crippen LogP contribution in [-0.4, -0.2) is 5.91 Å². The summed E-state index contributed by atoms with van der Waals surface area (Å²) >= 11 is 0. The predicted octanol–water partition coefficient (Wildman–Crippen LogP) is 2.68. The van der Waals surface area contributed by atoms with Gasteiger partial charge in [-0.2, -0.15) is 5.26 Å².